The van der Waals surface area contributed by atoms with Crippen LogP contribution in [0.15, 0.2) is 48.5 Å². The molecule has 1 fully saturated rings. The lowest BCUT2D eigenvalue weighted by Gasteiger charge is -2.42. The van der Waals surface area contributed by atoms with Crippen molar-refractivity contribution < 1.29 is 19.1 Å². The Balaban J connectivity index is 1.51. The number of aromatic amines is 1. The summed E-state index contributed by atoms with van der Waals surface area (Å²) in [5, 5.41) is 1.04. The van der Waals surface area contributed by atoms with Gasteiger partial charge in [0.1, 0.15) is 17.3 Å². The van der Waals surface area contributed by atoms with E-state index in [1.807, 2.05) is 67.3 Å². The molecule has 0 bridgehead atoms. The van der Waals surface area contributed by atoms with Crippen molar-refractivity contribution in [1.82, 2.24) is 19.7 Å². The van der Waals surface area contributed by atoms with Crippen molar-refractivity contribution in [1.29, 1.82) is 0 Å². The Morgan fingerprint density at radius 1 is 1.11 bits per heavy atom. The fraction of sp³-hybridized carbons (Fsp3) is 0.467. The maximum Gasteiger partial charge on any atom is 0.328 e. The van der Waals surface area contributed by atoms with E-state index in [0.717, 1.165) is 59.5 Å². The highest BCUT2D eigenvalue weighted by molar-refractivity contribution is 6.08. The maximum atomic E-state index is 14.0. The second kappa shape index (κ2) is 10.8. The first kappa shape index (κ1) is 26.3. The van der Waals surface area contributed by atoms with E-state index >= 15 is 0 Å². The van der Waals surface area contributed by atoms with Gasteiger partial charge in [0.15, 0.2) is 0 Å². The number of rotatable bonds is 11. The number of likely N-dealkylation sites (N-methyl/N-ethyl adjacent to an activating group) is 1. The SMILES string of the molecule is CCOc1ccc2[nH]c3c(c2c1)C[C@@]1(C)C(=O)N(CCCN(CC)CCOC)C(=O)N1[C@@H]3c1ccccc1. The third-order valence-corrected chi connectivity index (χ3v) is 7.98. The van der Waals surface area contributed by atoms with Gasteiger partial charge in [-0.1, -0.05) is 37.3 Å². The van der Waals surface area contributed by atoms with Crippen LogP contribution in [-0.2, 0) is 16.0 Å². The average Bonchev–Trinajstić information content (AvgIpc) is 3.37. The number of H-pyrrole nitrogens is 1. The number of hydrogen-bond acceptors (Lipinski definition) is 5. The molecule has 1 aromatic heterocycles. The van der Waals surface area contributed by atoms with Gasteiger partial charge >= 0.3 is 6.03 Å². The van der Waals surface area contributed by atoms with Crippen molar-refractivity contribution in [3.05, 3.63) is 65.4 Å². The van der Waals surface area contributed by atoms with Gasteiger partial charge in [0.25, 0.3) is 5.91 Å². The van der Waals surface area contributed by atoms with Gasteiger partial charge in [-0.2, -0.15) is 0 Å². The van der Waals surface area contributed by atoms with Gasteiger partial charge in [-0.05, 0) is 62.7 Å². The summed E-state index contributed by atoms with van der Waals surface area (Å²) in [4.78, 5) is 37.2. The number of fused-ring (bicyclic) bond motifs is 4. The van der Waals surface area contributed by atoms with Gasteiger partial charge in [0, 0.05) is 43.2 Å². The summed E-state index contributed by atoms with van der Waals surface area (Å²) in [6, 6.07) is 15.4. The molecule has 2 aliphatic rings. The molecule has 2 atom stereocenters. The molecular weight excluding hydrogens is 480 g/mol. The number of benzene rings is 2. The zero-order valence-corrected chi connectivity index (χ0v) is 22.8. The highest BCUT2D eigenvalue weighted by Crippen LogP contribution is 2.49. The van der Waals surface area contributed by atoms with Gasteiger partial charge in [-0.3, -0.25) is 14.6 Å². The molecule has 0 aliphatic carbocycles. The third-order valence-electron chi connectivity index (χ3n) is 7.98. The third kappa shape index (κ3) is 4.46. The van der Waals surface area contributed by atoms with E-state index < -0.39 is 5.54 Å². The second-order valence-electron chi connectivity index (χ2n) is 10.3. The van der Waals surface area contributed by atoms with Crippen LogP contribution >= 0.6 is 0 Å². The molecule has 3 amide bonds. The average molecular weight is 519 g/mol. The molecule has 5 rings (SSSR count). The minimum absolute atomic E-state index is 0.121. The highest BCUT2D eigenvalue weighted by Gasteiger charge is 2.60. The lowest BCUT2D eigenvalue weighted by Crippen LogP contribution is -2.53. The van der Waals surface area contributed by atoms with E-state index in [1.165, 1.54) is 4.90 Å². The molecule has 0 unspecified atom stereocenters. The summed E-state index contributed by atoms with van der Waals surface area (Å²) >= 11 is 0. The van der Waals surface area contributed by atoms with Crippen LogP contribution in [0.4, 0.5) is 4.79 Å². The van der Waals surface area contributed by atoms with E-state index in [2.05, 4.69) is 16.8 Å². The Morgan fingerprint density at radius 2 is 1.89 bits per heavy atom. The molecule has 2 aliphatic heterocycles. The molecule has 3 aromatic rings. The quantitative estimate of drug-likeness (QED) is 0.376. The Morgan fingerprint density at radius 3 is 2.61 bits per heavy atom. The molecular formula is C30H38N4O4. The number of urea groups is 1. The van der Waals surface area contributed by atoms with Crippen LogP contribution in [0, 0.1) is 0 Å². The number of methoxy groups -OCH3 is 1. The summed E-state index contributed by atoms with van der Waals surface area (Å²) in [6.07, 6.45) is 1.18. The van der Waals surface area contributed by atoms with Crippen LogP contribution in [0.25, 0.3) is 10.9 Å². The number of carbonyl (C=O) groups excluding carboxylic acids is 2. The van der Waals surface area contributed by atoms with Crippen molar-refractivity contribution >= 4 is 22.8 Å². The smallest absolute Gasteiger partial charge is 0.328 e. The first-order valence-electron chi connectivity index (χ1n) is 13.6. The number of aromatic nitrogens is 1. The van der Waals surface area contributed by atoms with Crippen molar-refractivity contribution in [3.63, 3.8) is 0 Å². The van der Waals surface area contributed by atoms with Crippen LogP contribution in [0.5, 0.6) is 5.75 Å². The van der Waals surface area contributed by atoms with Crippen molar-refractivity contribution in [3.8, 4) is 5.75 Å². The van der Waals surface area contributed by atoms with E-state index in [9.17, 15) is 9.59 Å². The molecule has 1 saturated heterocycles. The molecule has 38 heavy (non-hydrogen) atoms. The predicted molar refractivity (Wildman–Crippen MR) is 147 cm³/mol. The monoisotopic (exact) mass is 518 g/mol. The largest absolute Gasteiger partial charge is 0.494 e. The van der Waals surface area contributed by atoms with Crippen LogP contribution < -0.4 is 4.74 Å². The Kier molecular flexibility index (Phi) is 7.45. The van der Waals surface area contributed by atoms with Crippen LogP contribution in [0.3, 0.4) is 0 Å². The molecule has 0 spiro atoms. The van der Waals surface area contributed by atoms with Gasteiger partial charge in [0.05, 0.1) is 13.2 Å². The topological polar surface area (TPSA) is 78.1 Å². The number of carbonyl (C=O) groups is 2. The minimum atomic E-state index is -0.970. The first-order chi connectivity index (χ1) is 18.4. The maximum absolute atomic E-state index is 14.0. The van der Waals surface area contributed by atoms with Crippen molar-refractivity contribution in [2.75, 3.05) is 46.5 Å². The van der Waals surface area contributed by atoms with Crippen LogP contribution in [-0.4, -0.2) is 83.7 Å². The number of imide groups is 1. The number of nitrogens with zero attached hydrogens (tertiary/aromatic N) is 3. The van der Waals surface area contributed by atoms with Crippen molar-refractivity contribution in [2.45, 2.75) is 45.2 Å². The zero-order valence-electron chi connectivity index (χ0n) is 22.8. The molecule has 1 N–H and O–H groups in total. The normalized spacial score (nSPS) is 20.9. The Bertz CT molecular complexity index is 1310. The van der Waals surface area contributed by atoms with E-state index in [0.29, 0.717) is 26.2 Å². The number of nitrogens with one attached hydrogen (secondary N) is 1. The molecule has 3 heterocycles. The fourth-order valence-electron chi connectivity index (χ4n) is 6.03. The van der Waals surface area contributed by atoms with Gasteiger partial charge in [-0.25, -0.2) is 4.79 Å². The molecule has 8 heteroatoms. The summed E-state index contributed by atoms with van der Waals surface area (Å²) in [6.45, 7) is 10.2. The summed E-state index contributed by atoms with van der Waals surface area (Å²) in [5.74, 6) is 0.680. The van der Waals surface area contributed by atoms with Gasteiger partial charge in [0.2, 0.25) is 0 Å². The van der Waals surface area contributed by atoms with E-state index in [-0.39, 0.29) is 18.0 Å². The fourth-order valence-corrected chi connectivity index (χ4v) is 6.03. The standard InChI is InChI=1S/C30H38N4O4/c1-5-32(17-18-37-4)15-10-16-33-28(35)30(3)20-24-23-19-22(38-6-2)13-14-25(23)31-26(24)27(34(30)29(33)36)21-11-8-7-9-12-21/h7-9,11-14,19,27,31H,5-6,10,15-18,20H2,1-4H3/t27-,30+/m1/s1. The Hall–Kier alpha value is -3.36. The van der Waals surface area contributed by atoms with E-state index in [4.69, 9.17) is 9.47 Å². The lowest BCUT2D eigenvalue weighted by atomic mass is 9.81. The summed E-state index contributed by atoms with van der Waals surface area (Å²) < 4.78 is 11.0. The van der Waals surface area contributed by atoms with Crippen LogP contribution in [0.1, 0.15) is 50.1 Å². The Labute approximate surface area is 224 Å². The van der Waals surface area contributed by atoms with Gasteiger partial charge in [-0.15, -0.1) is 0 Å². The predicted octanol–water partition coefficient (Wildman–Crippen LogP) is 4.59. The zero-order chi connectivity index (χ0) is 26.9. The molecule has 0 radical (unpaired) electrons. The number of ether oxygens (including phenoxy) is 2. The molecule has 8 nitrogen and oxygen atoms in total. The molecule has 2 aromatic carbocycles. The van der Waals surface area contributed by atoms with Crippen molar-refractivity contribution in [2.24, 2.45) is 0 Å². The summed E-state index contributed by atoms with van der Waals surface area (Å²) in [5.41, 5.74) is 3.04. The minimum Gasteiger partial charge on any atom is -0.494 e. The molecule has 202 valence electrons. The van der Waals surface area contributed by atoms with Gasteiger partial charge < -0.3 is 19.4 Å². The van der Waals surface area contributed by atoms with E-state index in [1.54, 1.807) is 7.11 Å². The highest BCUT2D eigenvalue weighted by atomic mass is 16.5. The number of hydrogen-bond donors (Lipinski definition) is 1. The molecule has 0 saturated carbocycles. The number of amides is 3. The second-order valence-corrected chi connectivity index (χ2v) is 10.3. The summed E-state index contributed by atoms with van der Waals surface area (Å²) in [7, 11) is 1.70. The first-order valence-corrected chi connectivity index (χ1v) is 13.6. The lowest BCUT2D eigenvalue weighted by molar-refractivity contribution is -0.133. The van der Waals surface area contributed by atoms with Crippen LogP contribution in [0.2, 0.25) is 0 Å².